The first-order chi connectivity index (χ1) is 13.4. The number of aromatic nitrogens is 2. The number of amides is 2. The second-order valence-corrected chi connectivity index (χ2v) is 7.37. The van der Waals surface area contributed by atoms with Gasteiger partial charge in [-0.25, -0.2) is 0 Å². The number of nitrogens with one attached hydrogen (secondary N) is 1. The number of carbonyl (C=O) groups excluding carboxylic acids is 2. The highest BCUT2D eigenvalue weighted by Crippen LogP contribution is 2.20. The van der Waals surface area contributed by atoms with Crippen LogP contribution in [0.25, 0.3) is 11.4 Å². The zero-order chi connectivity index (χ0) is 20.1. The largest absolute Gasteiger partial charge is 0.339 e. The van der Waals surface area contributed by atoms with Crippen molar-refractivity contribution in [3.05, 3.63) is 52.0 Å². The van der Waals surface area contributed by atoms with E-state index in [1.165, 1.54) is 4.90 Å². The summed E-state index contributed by atoms with van der Waals surface area (Å²) in [6, 6.07) is 7.72. The lowest BCUT2D eigenvalue weighted by atomic mass is 10.1. The quantitative estimate of drug-likeness (QED) is 0.659. The van der Waals surface area contributed by atoms with Crippen molar-refractivity contribution in [3.63, 3.8) is 0 Å². The number of thiophene rings is 1. The highest BCUT2D eigenvalue weighted by atomic mass is 32.1. The van der Waals surface area contributed by atoms with Crippen LogP contribution in [0.15, 0.2) is 39.5 Å². The number of anilines is 1. The molecule has 1 aromatic carbocycles. The monoisotopic (exact) mass is 398 g/mol. The van der Waals surface area contributed by atoms with Crippen LogP contribution in [-0.2, 0) is 16.0 Å². The first-order valence-electron chi connectivity index (χ1n) is 8.89. The van der Waals surface area contributed by atoms with Crippen molar-refractivity contribution in [2.75, 3.05) is 18.9 Å². The van der Waals surface area contributed by atoms with E-state index in [0.29, 0.717) is 18.1 Å². The van der Waals surface area contributed by atoms with E-state index in [0.717, 1.165) is 22.4 Å². The Morgan fingerprint density at radius 2 is 1.96 bits per heavy atom. The van der Waals surface area contributed by atoms with Gasteiger partial charge in [-0.1, -0.05) is 23.4 Å². The van der Waals surface area contributed by atoms with E-state index < -0.39 is 0 Å². The number of hydrogen-bond acceptors (Lipinski definition) is 6. The molecule has 0 atom stereocenters. The molecular formula is C20H22N4O3S. The average Bonchev–Trinajstić information content (AvgIpc) is 3.34. The fourth-order valence-corrected chi connectivity index (χ4v) is 3.40. The summed E-state index contributed by atoms with van der Waals surface area (Å²) in [4.78, 5) is 30.3. The first kappa shape index (κ1) is 19.8. The second-order valence-electron chi connectivity index (χ2n) is 6.59. The van der Waals surface area contributed by atoms with Crippen LogP contribution in [0.4, 0.5) is 5.69 Å². The molecule has 0 fully saturated rings. The average molecular weight is 398 g/mol. The van der Waals surface area contributed by atoms with Crippen molar-refractivity contribution < 1.29 is 14.1 Å². The standard InChI is InChI=1S/C20H22N4O3S/c1-13-5-4-6-14(2)19(13)21-16(25)11-24(3)18(26)8-7-17-22-20(23-27-17)15-9-10-28-12-15/h4-6,9-10,12H,7-8,11H2,1-3H3,(H,21,25). The molecule has 0 saturated heterocycles. The van der Waals surface area contributed by atoms with Gasteiger partial charge in [-0.15, -0.1) is 0 Å². The van der Waals surface area contributed by atoms with Crippen LogP contribution in [0.2, 0.25) is 0 Å². The van der Waals surface area contributed by atoms with Gasteiger partial charge in [0.05, 0.1) is 6.54 Å². The van der Waals surface area contributed by atoms with Gasteiger partial charge in [0.25, 0.3) is 0 Å². The summed E-state index contributed by atoms with van der Waals surface area (Å²) in [5, 5.41) is 10.7. The number of benzene rings is 1. The molecule has 3 aromatic rings. The topological polar surface area (TPSA) is 88.3 Å². The molecule has 146 valence electrons. The lowest BCUT2D eigenvalue weighted by Gasteiger charge is -2.18. The molecule has 28 heavy (non-hydrogen) atoms. The number of aryl methyl sites for hydroxylation is 3. The fraction of sp³-hybridized carbons (Fsp3) is 0.300. The molecule has 3 rings (SSSR count). The second kappa shape index (κ2) is 8.79. The summed E-state index contributed by atoms with van der Waals surface area (Å²) in [7, 11) is 1.61. The third kappa shape index (κ3) is 4.83. The lowest BCUT2D eigenvalue weighted by molar-refractivity contribution is -0.133. The number of hydrogen-bond donors (Lipinski definition) is 1. The first-order valence-corrected chi connectivity index (χ1v) is 9.83. The van der Waals surface area contributed by atoms with Crippen molar-refractivity contribution in [1.82, 2.24) is 15.0 Å². The Labute approximate surface area is 167 Å². The molecule has 0 radical (unpaired) electrons. The minimum Gasteiger partial charge on any atom is -0.339 e. The number of likely N-dealkylation sites (N-methyl/N-ethyl adjacent to an activating group) is 1. The Bertz CT molecular complexity index is 946. The maximum Gasteiger partial charge on any atom is 0.243 e. The molecule has 1 N–H and O–H groups in total. The van der Waals surface area contributed by atoms with Gasteiger partial charge >= 0.3 is 0 Å². The minimum absolute atomic E-state index is 0.0173. The molecule has 0 bridgehead atoms. The maximum absolute atomic E-state index is 12.3. The molecule has 2 heterocycles. The van der Waals surface area contributed by atoms with Crippen LogP contribution >= 0.6 is 11.3 Å². The Morgan fingerprint density at radius 1 is 1.21 bits per heavy atom. The molecule has 8 heteroatoms. The molecule has 0 aliphatic heterocycles. The van der Waals surface area contributed by atoms with E-state index >= 15 is 0 Å². The molecular weight excluding hydrogens is 376 g/mol. The molecule has 7 nitrogen and oxygen atoms in total. The van der Waals surface area contributed by atoms with Crippen molar-refractivity contribution >= 4 is 28.8 Å². The zero-order valence-electron chi connectivity index (χ0n) is 16.1. The smallest absolute Gasteiger partial charge is 0.243 e. The zero-order valence-corrected chi connectivity index (χ0v) is 16.9. The Morgan fingerprint density at radius 3 is 2.64 bits per heavy atom. The van der Waals surface area contributed by atoms with Gasteiger partial charge in [0.2, 0.25) is 23.5 Å². The molecule has 0 aliphatic carbocycles. The van der Waals surface area contributed by atoms with E-state index in [9.17, 15) is 9.59 Å². The summed E-state index contributed by atoms with van der Waals surface area (Å²) < 4.78 is 5.20. The molecule has 2 amide bonds. The lowest BCUT2D eigenvalue weighted by Crippen LogP contribution is -2.35. The van der Waals surface area contributed by atoms with Gasteiger partial charge in [-0.2, -0.15) is 16.3 Å². The predicted molar refractivity (Wildman–Crippen MR) is 108 cm³/mol. The van der Waals surface area contributed by atoms with E-state index in [1.807, 2.05) is 48.9 Å². The number of rotatable bonds is 7. The van der Waals surface area contributed by atoms with Gasteiger partial charge in [0, 0.05) is 36.5 Å². The van der Waals surface area contributed by atoms with Crippen LogP contribution < -0.4 is 5.32 Å². The van der Waals surface area contributed by atoms with Crippen LogP contribution in [0.5, 0.6) is 0 Å². The molecule has 0 aliphatic rings. The third-order valence-electron chi connectivity index (χ3n) is 4.35. The summed E-state index contributed by atoms with van der Waals surface area (Å²) in [6.45, 7) is 3.86. The van der Waals surface area contributed by atoms with Crippen LogP contribution in [-0.4, -0.2) is 40.4 Å². The van der Waals surface area contributed by atoms with E-state index in [-0.39, 0.29) is 24.8 Å². The Kier molecular flexibility index (Phi) is 6.20. The maximum atomic E-state index is 12.3. The highest BCUT2D eigenvalue weighted by molar-refractivity contribution is 7.08. The van der Waals surface area contributed by atoms with Crippen molar-refractivity contribution in [2.45, 2.75) is 26.7 Å². The Balaban J connectivity index is 1.50. The van der Waals surface area contributed by atoms with Crippen molar-refractivity contribution in [1.29, 1.82) is 0 Å². The summed E-state index contributed by atoms with van der Waals surface area (Å²) >= 11 is 1.55. The number of carbonyl (C=O) groups is 2. The normalized spacial score (nSPS) is 10.7. The van der Waals surface area contributed by atoms with Gasteiger partial charge in [0.15, 0.2) is 0 Å². The van der Waals surface area contributed by atoms with Gasteiger partial charge < -0.3 is 14.7 Å². The Hall–Kier alpha value is -3.00. The molecule has 2 aromatic heterocycles. The van der Waals surface area contributed by atoms with Gasteiger partial charge in [-0.3, -0.25) is 9.59 Å². The molecule has 0 unspecified atom stereocenters. The summed E-state index contributed by atoms with van der Waals surface area (Å²) in [5.41, 5.74) is 3.66. The number of nitrogens with zero attached hydrogens (tertiary/aromatic N) is 3. The molecule has 0 spiro atoms. The summed E-state index contributed by atoms with van der Waals surface area (Å²) in [5.74, 6) is 0.533. The van der Waals surface area contributed by atoms with E-state index in [2.05, 4.69) is 15.5 Å². The van der Waals surface area contributed by atoms with E-state index in [1.54, 1.807) is 18.4 Å². The number of para-hydroxylation sites is 1. The minimum atomic E-state index is -0.231. The highest BCUT2D eigenvalue weighted by Gasteiger charge is 2.16. The summed E-state index contributed by atoms with van der Waals surface area (Å²) in [6.07, 6.45) is 0.525. The fourth-order valence-electron chi connectivity index (χ4n) is 2.76. The SMILES string of the molecule is Cc1cccc(C)c1NC(=O)CN(C)C(=O)CCc1nc(-c2ccsc2)no1. The van der Waals surface area contributed by atoms with Crippen LogP contribution in [0.3, 0.4) is 0 Å². The predicted octanol–water partition coefficient (Wildman–Crippen LogP) is 3.44. The van der Waals surface area contributed by atoms with Crippen LogP contribution in [0, 0.1) is 13.8 Å². The van der Waals surface area contributed by atoms with Crippen LogP contribution in [0.1, 0.15) is 23.4 Å². The van der Waals surface area contributed by atoms with Crippen molar-refractivity contribution in [2.24, 2.45) is 0 Å². The third-order valence-corrected chi connectivity index (χ3v) is 5.04. The van der Waals surface area contributed by atoms with Gasteiger partial charge in [-0.05, 0) is 36.4 Å². The van der Waals surface area contributed by atoms with Gasteiger partial charge in [0.1, 0.15) is 0 Å². The van der Waals surface area contributed by atoms with Crippen molar-refractivity contribution in [3.8, 4) is 11.4 Å². The van der Waals surface area contributed by atoms with E-state index in [4.69, 9.17) is 4.52 Å². The molecule has 0 saturated carbocycles.